The number of anilines is 1. The smallest absolute Gasteiger partial charge is 0.271 e. The number of hydrogen-bond donors (Lipinski definition) is 1. The fourth-order valence-electron chi connectivity index (χ4n) is 2.51. The van der Waals surface area contributed by atoms with Crippen molar-refractivity contribution in [1.82, 2.24) is 9.78 Å². The van der Waals surface area contributed by atoms with Gasteiger partial charge in [0.1, 0.15) is 0 Å². The Morgan fingerprint density at radius 3 is 2.46 bits per heavy atom. The first-order valence-electron chi connectivity index (χ1n) is 8.74. The van der Waals surface area contributed by atoms with E-state index in [1.165, 1.54) is 16.8 Å². The quantitative estimate of drug-likeness (QED) is 0.708. The Bertz CT molecular complexity index is 1060. The van der Waals surface area contributed by atoms with Crippen LogP contribution in [0.1, 0.15) is 18.1 Å². The van der Waals surface area contributed by atoms with Gasteiger partial charge >= 0.3 is 0 Å². The number of nitrogens with one attached hydrogen (secondary N) is 1. The number of carbonyl (C=O) groups is 1. The molecule has 3 aromatic rings. The highest BCUT2D eigenvalue weighted by atomic mass is 35.5. The molecule has 28 heavy (non-hydrogen) atoms. The Morgan fingerprint density at radius 1 is 1.07 bits per heavy atom. The number of hydrogen-bond acceptors (Lipinski definition) is 4. The first-order chi connectivity index (χ1) is 13.3. The van der Waals surface area contributed by atoms with Gasteiger partial charge < -0.3 is 10.1 Å². The van der Waals surface area contributed by atoms with E-state index in [4.69, 9.17) is 16.3 Å². The van der Waals surface area contributed by atoms with Gasteiger partial charge in [0.25, 0.3) is 11.5 Å². The van der Waals surface area contributed by atoms with Gasteiger partial charge in [-0.3, -0.25) is 9.59 Å². The fourth-order valence-corrected chi connectivity index (χ4v) is 2.64. The van der Waals surface area contributed by atoms with Crippen LogP contribution >= 0.6 is 11.6 Å². The molecule has 0 unspecified atom stereocenters. The Hall–Kier alpha value is -3.12. The molecule has 0 fully saturated rings. The van der Waals surface area contributed by atoms with Crippen molar-refractivity contribution in [3.8, 4) is 11.6 Å². The average Bonchev–Trinajstić information content (AvgIpc) is 2.67. The number of rotatable bonds is 5. The number of carbonyl (C=O) groups excluding carboxylic acids is 1. The molecule has 144 valence electrons. The lowest BCUT2D eigenvalue weighted by atomic mass is 10.1. The van der Waals surface area contributed by atoms with Crippen LogP contribution in [-0.2, 0) is 4.79 Å². The van der Waals surface area contributed by atoms with Crippen molar-refractivity contribution in [1.29, 1.82) is 0 Å². The van der Waals surface area contributed by atoms with Crippen molar-refractivity contribution >= 4 is 23.2 Å². The SMILES string of the molecule is Cc1ccc(-n2nc(O[C@H](C)C(=O)Nc3ccc(Cl)cc3)ccc2=O)cc1C. The normalized spacial score (nSPS) is 11.7. The molecular formula is C21H20ClN3O3. The lowest BCUT2D eigenvalue weighted by molar-refractivity contribution is -0.122. The van der Waals surface area contributed by atoms with Gasteiger partial charge in [0.2, 0.25) is 5.88 Å². The minimum atomic E-state index is -0.811. The van der Waals surface area contributed by atoms with Crippen LogP contribution in [0.15, 0.2) is 59.4 Å². The first kappa shape index (κ1) is 19.6. The van der Waals surface area contributed by atoms with Crippen LogP contribution in [0.25, 0.3) is 5.69 Å². The van der Waals surface area contributed by atoms with Crippen LogP contribution in [0.4, 0.5) is 5.69 Å². The standard InChI is InChI=1S/C21H20ClN3O3/c1-13-4-9-18(12-14(13)2)25-20(26)11-10-19(24-25)28-15(3)21(27)23-17-7-5-16(22)6-8-17/h4-12,15H,1-3H3,(H,23,27)/t15-/m1/s1. The van der Waals surface area contributed by atoms with Crippen LogP contribution < -0.4 is 15.6 Å². The van der Waals surface area contributed by atoms with Crippen molar-refractivity contribution in [3.63, 3.8) is 0 Å². The van der Waals surface area contributed by atoms with Crippen molar-refractivity contribution in [2.24, 2.45) is 0 Å². The van der Waals surface area contributed by atoms with Gasteiger partial charge in [-0.1, -0.05) is 17.7 Å². The molecule has 0 aliphatic carbocycles. The molecule has 0 spiro atoms. The predicted molar refractivity (Wildman–Crippen MR) is 109 cm³/mol. The summed E-state index contributed by atoms with van der Waals surface area (Å²) in [7, 11) is 0. The van der Waals surface area contributed by atoms with Crippen LogP contribution in [0.5, 0.6) is 5.88 Å². The highest BCUT2D eigenvalue weighted by Gasteiger charge is 2.16. The van der Waals surface area contributed by atoms with E-state index >= 15 is 0 Å². The van der Waals surface area contributed by atoms with Gasteiger partial charge in [-0.05, 0) is 68.3 Å². The van der Waals surface area contributed by atoms with Gasteiger partial charge in [-0.25, -0.2) is 0 Å². The molecule has 1 atom stereocenters. The Morgan fingerprint density at radius 2 is 1.79 bits per heavy atom. The van der Waals surface area contributed by atoms with E-state index in [0.29, 0.717) is 16.4 Å². The lowest BCUT2D eigenvalue weighted by Gasteiger charge is -2.15. The van der Waals surface area contributed by atoms with E-state index in [1.807, 2.05) is 32.0 Å². The summed E-state index contributed by atoms with van der Waals surface area (Å²) in [5, 5.41) is 7.56. The second kappa shape index (κ2) is 8.27. The largest absolute Gasteiger partial charge is 0.463 e. The zero-order chi connectivity index (χ0) is 20.3. The highest BCUT2D eigenvalue weighted by molar-refractivity contribution is 6.30. The van der Waals surface area contributed by atoms with Crippen molar-refractivity contribution in [2.45, 2.75) is 26.9 Å². The zero-order valence-corrected chi connectivity index (χ0v) is 16.5. The molecule has 1 amide bonds. The molecule has 6 nitrogen and oxygen atoms in total. The van der Waals surface area contributed by atoms with Crippen molar-refractivity contribution in [2.75, 3.05) is 5.32 Å². The lowest BCUT2D eigenvalue weighted by Crippen LogP contribution is -2.31. The molecule has 0 aliphatic heterocycles. The number of amides is 1. The maximum absolute atomic E-state index is 12.3. The van der Waals surface area contributed by atoms with E-state index in [-0.39, 0.29) is 17.3 Å². The Kier molecular flexibility index (Phi) is 5.80. The molecule has 0 aliphatic rings. The topological polar surface area (TPSA) is 73.2 Å². The molecule has 0 bridgehead atoms. The maximum atomic E-state index is 12.3. The summed E-state index contributed by atoms with van der Waals surface area (Å²) in [6, 6.07) is 15.2. The minimum Gasteiger partial charge on any atom is -0.463 e. The second-order valence-electron chi connectivity index (χ2n) is 6.45. The highest BCUT2D eigenvalue weighted by Crippen LogP contribution is 2.16. The molecule has 1 heterocycles. The van der Waals surface area contributed by atoms with Gasteiger partial charge in [0.15, 0.2) is 6.10 Å². The van der Waals surface area contributed by atoms with Gasteiger partial charge in [0.05, 0.1) is 5.69 Å². The summed E-state index contributed by atoms with van der Waals surface area (Å²) in [5.41, 5.74) is 3.13. The molecule has 7 heteroatoms. The Balaban J connectivity index is 1.76. The molecule has 0 saturated heterocycles. The van der Waals surface area contributed by atoms with Crippen LogP contribution in [0, 0.1) is 13.8 Å². The third kappa shape index (κ3) is 4.58. The van der Waals surface area contributed by atoms with Crippen LogP contribution in [-0.4, -0.2) is 21.8 Å². The molecule has 0 saturated carbocycles. The minimum absolute atomic E-state index is 0.177. The molecular weight excluding hydrogens is 378 g/mol. The first-order valence-corrected chi connectivity index (χ1v) is 9.12. The summed E-state index contributed by atoms with van der Waals surface area (Å²) >= 11 is 5.84. The summed E-state index contributed by atoms with van der Waals surface area (Å²) in [6.07, 6.45) is -0.811. The van der Waals surface area contributed by atoms with E-state index < -0.39 is 6.10 Å². The maximum Gasteiger partial charge on any atom is 0.271 e. The van der Waals surface area contributed by atoms with E-state index in [2.05, 4.69) is 10.4 Å². The van der Waals surface area contributed by atoms with Crippen molar-refractivity contribution in [3.05, 3.63) is 81.1 Å². The summed E-state index contributed by atoms with van der Waals surface area (Å²) < 4.78 is 6.89. The van der Waals surface area contributed by atoms with Gasteiger partial charge in [-0.2, -0.15) is 4.68 Å². The monoisotopic (exact) mass is 397 g/mol. The van der Waals surface area contributed by atoms with Crippen LogP contribution in [0.2, 0.25) is 5.02 Å². The molecule has 1 aromatic heterocycles. The third-order valence-electron chi connectivity index (χ3n) is 4.29. The average molecular weight is 398 g/mol. The number of ether oxygens (including phenoxy) is 1. The molecule has 3 rings (SSSR count). The Labute approximate surface area is 167 Å². The number of aromatic nitrogens is 2. The van der Waals surface area contributed by atoms with E-state index in [1.54, 1.807) is 31.2 Å². The molecule has 2 aromatic carbocycles. The number of halogens is 1. The molecule has 0 radical (unpaired) electrons. The van der Waals surface area contributed by atoms with E-state index in [9.17, 15) is 9.59 Å². The van der Waals surface area contributed by atoms with Crippen LogP contribution in [0.3, 0.4) is 0 Å². The second-order valence-corrected chi connectivity index (χ2v) is 6.88. The van der Waals surface area contributed by atoms with E-state index in [0.717, 1.165) is 11.1 Å². The number of nitrogens with zero attached hydrogens (tertiary/aromatic N) is 2. The number of aryl methyl sites for hydroxylation is 2. The summed E-state index contributed by atoms with van der Waals surface area (Å²) in [6.45, 7) is 5.57. The molecule has 1 N–H and O–H groups in total. The predicted octanol–water partition coefficient (Wildman–Crippen LogP) is 3.91. The fraction of sp³-hybridized carbons (Fsp3) is 0.190. The van der Waals surface area contributed by atoms with Gasteiger partial charge in [-0.15, -0.1) is 5.10 Å². The number of benzene rings is 2. The third-order valence-corrected chi connectivity index (χ3v) is 4.54. The van der Waals surface area contributed by atoms with Crippen molar-refractivity contribution < 1.29 is 9.53 Å². The zero-order valence-electron chi connectivity index (χ0n) is 15.8. The van der Waals surface area contributed by atoms with Gasteiger partial charge in [0, 0.05) is 22.8 Å². The summed E-state index contributed by atoms with van der Waals surface area (Å²) in [5.74, 6) is -0.162. The summed E-state index contributed by atoms with van der Waals surface area (Å²) in [4.78, 5) is 24.6.